The van der Waals surface area contributed by atoms with Crippen LogP contribution in [-0.4, -0.2) is 10.5 Å². The molecule has 1 heterocycles. The Labute approximate surface area is 159 Å². The molecule has 0 saturated heterocycles. The van der Waals surface area contributed by atoms with Crippen molar-refractivity contribution in [2.45, 2.75) is 66.0 Å². The highest BCUT2D eigenvalue weighted by Crippen LogP contribution is 2.39. The number of aromatic nitrogens is 1. The number of carbonyl (C=O) groups excluding carboxylic acids is 1. The number of nitrogens with zero attached hydrogens (tertiary/aromatic N) is 1. The van der Waals surface area contributed by atoms with Crippen LogP contribution < -0.4 is 10.2 Å². The van der Waals surface area contributed by atoms with Crippen molar-refractivity contribution >= 4 is 17.2 Å². The molecular weight excluding hydrogens is 344 g/mol. The number of nitrogens with one attached hydrogen (secondary N) is 1. The molecule has 2 aromatic rings. The highest BCUT2D eigenvalue weighted by Gasteiger charge is 2.30. The third-order valence-electron chi connectivity index (χ3n) is 5.53. The van der Waals surface area contributed by atoms with E-state index in [4.69, 9.17) is 0 Å². The molecule has 1 aromatic carbocycles. The van der Waals surface area contributed by atoms with Gasteiger partial charge in [0.1, 0.15) is 0 Å². The molecule has 1 N–H and O–H groups in total. The summed E-state index contributed by atoms with van der Waals surface area (Å²) in [5, 5.41) is 3.24. The lowest BCUT2D eigenvalue weighted by Crippen LogP contribution is -2.32. The summed E-state index contributed by atoms with van der Waals surface area (Å²) in [6, 6.07) is 8.47. The third kappa shape index (κ3) is 4.09. The first kappa shape index (κ1) is 18.9. The van der Waals surface area contributed by atoms with Crippen molar-refractivity contribution in [3.05, 3.63) is 55.6 Å². The Morgan fingerprint density at radius 1 is 1.31 bits per heavy atom. The molecule has 1 aliphatic rings. The van der Waals surface area contributed by atoms with Crippen LogP contribution in [0.1, 0.15) is 60.8 Å². The average molecular weight is 373 g/mol. The Balaban J connectivity index is 1.72. The minimum absolute atomic E-state index is 0.0117. The molecule has 0 fully saturated rings. The first-order chi connectivity index (χ1) is 12.3. The zero-order valence-corrected chi connectivity index (χ0v) is 16.9. The second-order valence-corrected chi connectivity index (χ2v) is 9.26. The van der Waals surface area contributed by atoms with Crippen molar-refractivity contribution in [3.63, 3.8) is 0 Å². The summed E-state index contributed by atoms with van der Waals surface area (Å²) in [6.07, 6.45) is 3.44. The molecular formula is C21H28N2O2S. The number of benzene rings is 1. The lowest BCUT2D eigenvalue weighted by Gasteiger charge is -2.27. The van der Waals surface area contributed by atoms with E-state index < -0.39 is 0 Å². The van der Waals surface area contributed by atoms with E-state index in [0.29, 0.717) is 13.0 Å². The van der Waals surface area contributed by atoms with Crippen molar-refractivity contribution in [2.75, 3.05) is 0 Å². The molecule has 140 valence electrons. The standard InChI is InChI=1S/C21H28N2O2S/c1-14-15(2)26-20(25)23(14)12-10-19(24)22-18-13-21(3,4)11-9-16-7-5-6-8-17(16)18/h5-8,18H,9-13H2,1-4H3,(H,22,24)/t18-/m0/s1. The Hall–Kier alpha value is -1.88. The van der Waals surface area contributed by atoms with E-state index in [1.165, 1.54) is 22.5 Å². The second-order valence-electron chi connectivity index (χ2n) is 8.10. The van der Waals surface area contributed by atoms with Gasteiger partial charge in [-0.15, -0.1) is 0 Å². The van der Waals surface area contributed by atoms with Crippen LogP contribution in [-0.2, 0) is 17.8 Å². The lowest BCUT2D eigenvalue weighted by molar-refractivity contribution is -0.122. The summed E-state index contributed by atoms with van der Waals surface area (Å²) in [7, 11) is 0. The number of rotatable bonds is 4. The number of aryl methyl sites for hydroxylation is 2. The van der Waals surface area contributed by atoms with Gasteiger partial charge in [0, 0.05) is 23.5 Å². The zero-order valence-electron chi connectivity index (χ0n) is 16.1. The van der Waals surface area contributed by atoms with Gasteiger partial charge in [-0.25, -0.2) is 0 Å². The third-order valence-corrected chi connectivity index (χ3v) is 6.53. The molecule has 1 atom stereocenters. The summed E-state index contributed by atoms with van der Waals surface area (Å²) in [6.45, 7) is 8.88. The van der Waals surface area contributed by atoms with Gasteiger partial charge in [-0.2, -0.15) is 0 Å². The zero-order chi connectivity index (χ0) is 18.9. The van der Waals surface area contributed by atoms with Gasteiger partial charge in [0.15, 0.2) is 0 Å². The summed E-state index contributed by atoms with van der Waals surface area (Å²) in [4.78, 5) is 25.7. The maximum atomic E-state index is 12.6. The summed E-state index contributed by atoms with van der Waals surface area (Å²) in [5.41, 5.74) is 3.73. The smallest absolute Gasteiger partial charge is 0.307 e. The van der Waals surface area contributed by atoms with Crippen molar-refractivity contribution in [1.29, 1.82) is 0 Å². The van der Waals surface area contributed by atoms with E-state index in [-0.39, 0.29) is 22.2 Å². The van der Waals surface area contributed by atoms with Crippen LogP contribution in [0.3, 0.4) is 0 Å². The van der Waals surface area contributed by atoms with Gasteiger partial charge >= 0.3 is 4.87 Å². The number of hydrogen-bond acceptors (Lipinski definition) is 3. The molecule has 3 rings (SSSR count). The van der Waals surface area contributed by atoms with Crippen LogP contribution in [0, 0.1) is 19.3 Å². The fraction of sp³-hybridized carbons (Fsp3) is 0.524. The minimum Gasteiger partial charge on any atom is -0.349 e. The fourth-order valence-corrected chi connectivity index (χ4v) is 4.65. The Morgan fingerprint density at radius 2 is 2.04 bits per heavy atom. The molecule has 26 heavy (non-hydrogen) atoms. The van der Waals surface area contributed by atoms with Crippen LogP contribution in [0.15, 0.2) is 29.1 Å². The lowest BCUT2D eigenvalue weighted by atomic mass is 9.83. The molecule has 0 spiro atoms. The largest absolute Gasteiger partial charge is 0.349 e. The first-order valence-electron chi connectivity index (χ1n) is 9.31. The summed E-state index contributed by atoms with van der Waals surface area (Å²) < 4.78 is 1.71. The second kappa shape index (κ2) is 7.39. The topological polar surface area (TPSA) is 51.1 Å². The molecule has 0 unspecified atom stereocenters. The first-order valence-corrected chi connectivity index (χ1v) is 10.1. The van der Waals surface area contributed by atoms with E-state index in [1.807, 2.05) is 19.9 Å². The quantitative estimate of drug-likeness (QED) is 0.820. The van der Waals surface area contributed by atoms with Gasteiger partial charge in [0.2, 0.25) is 5.91 Å². The SMILES string of the molecule is Cc1sc(=O)n(CCC(=O)N[C@H]2CC(C)(C)CCc3ccccc32)c1C. The maximum absolute atomic E-state index is 12.6. The van der Waals surface area contributed by atoms with Crippen LogP contribution in [0.25, 0.3) is 0 Å². The number of fused-ring (bicyclic) bond motifs is 1. The number of hydrogen-bond donors (Lipinski definition) is 1. The Morgan fingerprint density at radius 3 is 2.73 bits per heavy atom. The van der Waals surface area contributed by atoms with Crippen molar-refractivity contribution < 1.29 is 4.79 Å². The monoisotopic (exact) mass is 372 g/mol. The van der Waals surface area contributed by atoms with E-state index in [2.05, 4.69) is 37.4 Å². The van der Waals surface area contributed by atoms with E-state index in [1.54, 1.807) is 4.57 Å². The van der Waals surface area contributed by atoms with Crippen molar-refractivity contribution in [2.24, 2.45) is 5.41 Å². The van der Waals surface area contributed by atoms with Gasteiger partial charge in [-0.1, -0.05) is 49.4 Å². The van der Waals surface area contributed by atoms with Crippen LogP contribution in [0.5, 0.6) is 0 Å². The molecule has 0 aliphatic heterocycles. The molecule has 1 amide bonds. The number of amides is 1. The Bertz CT molecular complexity index is 863. The predicted molar refractivity (Wildman–Crippen MR) is 107 cm³/mol. The maximum Gasteiger partial charge on any atom is 0.307 e. The van der Waals surface area contributed by atoms with Crippen molar-refractivity contribution in [1.82, 2.24) is 9.88 Å². The van der Waals surface area contributed by atoms with E-state index in [9.17, 15) is 9.59 Å². The molecule has 0 saturated carbocycles. The van der Waals surface area contributed by atoms with Crippen molar-refractivity contribution in [3.8, 4) is 0 Å². The Kier molecular flexibility index (Phi) is 5.37. The fourth-order valence-electron chi connectivity index (χ4n) is 3.79. The molecule has 0 radical (unpaired) electrons. The van der Waals surface area contributed by atoms with Gasteiger partial charge in [-0.3, -0.25) is 9.59 Å². The summed E-state index contributed by atoms with van der Waals surface area (Å²) >= 11 is 1.25. The molecule has 1 aliphatic carbocycles. The van der Waals surface area contributed by atoms with Gasteiger partial charge < -0.3 is 9.88 Å². The van der Waals surface area contributed by atoms with Crippen LogP contribution in [0.2, 0.25) is 0 Å². The highest BCUT2D eigenvalue weighted by molar-refractivity contribution is 7.09. The summed E-state index contributed by atoms with van der Waals surface area (Å²) in [5.74, 6) is 0.0117. The predicted octanol–water partition coefficient (Wildman–Crippen LogP) is 4.14. The van der Waals surface area contributed by atoms with E-state index >= 15 is 0 Å². The van der Waals surface area contributed by atoms with Crippen LogP contribution >= 0.6 is 11.3 Å². The molecule has 0 bridgehead atoms. The molecule has 4 nitrogen and oxygen atoms in total. The average Bonchev–Trinajstić information content (AvgIpc) is 2.74. The molecule has 5 heteroatoms. The van der Waals surface area contributed by atoms with Gasteiger partial charge in [0.05, 0.1) is 6.04 Å². The van der Waals surface area contributed by atoms with Gasteiger partial charge in [0.25, 0.3) is 0 Å². The number of carbonyl (C=O) groups is 1. The molecule has 1 aromatic heterocycles. The normalized spacial score (nSPS) is 18.8. The minimum atomic E-state index is 0.0117. The highest BCUT2D eigenvalue weighted by atomic mass is 32.1. The van der Waals surface area contributed by atoms with Gasteiger partial charge in [-0.05, 0) is 49.7 Å². The number of thiazole rings is 1. The van der Waals surface area contributed by atoms with Crippen LogP contribution in [0.4, 0.5) is 0 Å². The van der Waals surface area contributed by atoms with E-state index in [0.717, 1.165) is 29.8 Å².